The number of fused-ring (bicyclic) bond motifs is 2. The fourth-order valence-corrected chi connectivity index (χ4v) is 6.75. The van der Waals surface area contributed by atoms with Gasteiger partial charge in [-0.2, -0.15) is 0 Å². The zero-order valence-electron chi connectivity index (χ0n) is 21.1. The van der Waals surface area contributed by atoms with Crippen molar-refractivity contribution in [2.45, 2.75) is 103 Å². The van der Waals surface area contributed by atoms with Crippen LogP contribution < -0.4 is 4.74 Å². The van der Waals surface area contributed by atoms with Gasteiger partial charge in [0.05, 0.1) is 12.0 Å². The van der Waals surface area contributed by atoms with Gasteiger partial charge < -0.3 is 19.7 Å². The highest BCUT2D eigenvalue weighted by atomic mass is 16.5. The van der Waals surface area contributed by atoms with E-state index in [1.165, 1.54) is 5.56 Å². The van der Waals surface area contributed by atoms with Crippen molar-refractivity contribution in [3.8, 4) is 5.75 Å². The molecule has 0 spiro atoms. The number of hydrogen-bond acceptors (Lipinski definition) is 5. The average Bonchev–Trinajstić information content (AvgIpc) is 3.48. The molecule has 0 heterocycles. The molecule has 4 rings (SSSR count). The van der Waals surface area contributed by atoms with Crippen LogP contribution in [0.3, 0.4) is 0 Å². The van der Waals surface area contributed by atoms with E-state index in [1.54, 1.807) is 0 Å². The number of carboxylic acids is 1. The van der Waals surface area contributed by atoms with Crippen LogP contribution in [0.15, 0.2) is 18.2 Å². The molecule has 0 radical (unpaired) electrons. The van der Waals surface area contributed by atoms with Crippen LogP contribution in [0.2, 0.25) is 0 Å². The van der Waals surface area contributed by atoms with Gasteiger partial charge in [-0.05, 0) is 86.3 Å². The molecule has 0 saturated heterocycles. The first-order chi connectivity index (χ1) is 17.0. The summed E-state index contributed by atoms with van der Waals surface area (Å²) < 4.78 is 11.8. The first kappa shape index (κ1) is 26.0. The highest BCUT2D eigenvalue weighted by Crippen LogP contribution is 2.50. The number of esters is 1. The standard InChI is InChI=1S/C29H42O6/c1-2-3-4-11-22(30)13-14-23-24-15-20-10-7-12-26(34-18-28(31)32)25(20)16-21(24)17-27(23)35-29(33)19-8-5-6-9-19/h7,10,12,19,21-24,27,30H,2-6,8-9,11,13-18H2,1H3,(H,31,32)/t21-,22-,23+,24-,27+/m0/s1. The van der Waals surface area contributed by atoms with Crippen LogP contribution in [-0.2, 0) is 27.2 Å². The molecule has 6 heteroatoms. The lowest BCUT2D eigenvalue weighted by Gasteiger charge is -2.33. The van der Waals surface area contributed by atoms with Crippen molar-refractivity contribution in [3.05, 3.63) is 29.3 Å². The number of aliphatic hydroxyl groups excluding tert-OH is 1. The normalized spacial score (nSPS) is 26.7. The van der Waals surface area contributed by atoms with Crippen molar-refractivity contribution in [3.63, 3.8) is 0 Å². The second-order valence-corrected chi connectivity index (χ2v) is 11.0. The summed E-state index contributed by atoms with van der Waals surface area (Å²) in [5.74, 6) is 0.741. The van der Waals surface area contributed by atoms with Gasteiger partial charge in [-0.3, -0.25) is 4.79 Å². The molecule has 6 nitrogen and oxygen atoms in total. The van der Waals surface area contributed by atoms with E-state index < -0.39 is 5.97 Å². The number of aliphatic carboxylic acids is 1. The van der Waals surface area contributed by atoms with Crippen molar-refractivity contribution >= 4 is 11.9 Å². The van der Waals surface area contributed by atoms with E-state index in [1.807, 2.05) is 12.1 Å². The lowest BCUT2D eigenvalue weighted by molar-refractivity contribution is -0.156. The van der Waals surface area contributed by atoms with E-state index in [9.17, 15) is 14.7 Å². The highest BCUT2D eigenvalue weighted by molar-refractivity contribution is 5.73. The molecule has 0 aromatic heterocycles. The molecule has 5 atom stereocenters. The molecule has 2 fully saturated rings. The monoisotopic (exact) mass is 486 g/mol. The molecule has 0 aliphatic heterocycles. The molecule has 0 unspecified atom stereocenters. The molecular formula is C29H42O6. The van der Waals surface area contributed by atoms with Gasteiger partial charge in [-0.15, -0.1) is 0 Å². The maximum absolute atomic E-state index is 12.9. The Morgan fingerprint density at radius 1 is 1.11 bits per heavy atom. The average molecular weight is 487 g/mol. The first-order valence-electron chi connectivity index (χ1n) is 13.8. The zero-order valence-corrected chi connectivity index (χ0v) is 21.1. The van der Waals surface area contributed by atoms with E-state index in [2.05, 4.69) is 13.0 Å². The second-order valence-electron chi connectivity index (χ2n) is 11.0. The van der Waals surface area contributed by atoms with Gasteiger partial charge in [-0.1, -0.05) is 51.2 Å². The number of benzene rings is 1. The SMILES string of the molecule is CCCCC[C@H](O)CC[C@@H]1[C@H]2Cc3cccc(OCC(=O)O)c3C[C@H]2C[C@H]1OC(=O)C1CCCC1. The molecule has 35 heavy (non-hydrogen) atoms. The molecule has 2 saturated carbocycles. The molecule has 0 bridgehead atoms. The predicted octanol–water partition coefficient (Wildman–Crippen LogP) is 5.32. The Morgan fingerprint density at radius 3 is 2.66 bits per heavy atom. The Bertz CT molecular complexity index is 861. The van der Waals surface area contributed by atoms with Crippen LogP contribution in [0.4, 0.5) is 0 Å². The van der Waals surface area contributed by atoms with Crippen LogP contribution >= 0.6 is 0 Å². The molecule has 1 aromatic carbocycles. The summed E-state index contributed by atoms with van der Waals surface area (Å²) in [6.07, 6.45) is 12.1. The van der Waals surface area contributed by atoms with E-state index in [0.29, 0.717) is 17.6 Å². The van der Waals surface area contributed by atoms with Crippen LogP contribution in [-0.4, -0.2) is 41.0 Å². The molecular weight excluding hydrogens is 444 g/mol. The van der Waals surface area contributed by atoms with Crippen molar-refractivity contribution in [1.82, 2.24) is 0 Å². The second kappa shape index (κ2) is 12.2. The maximum atomic E-state index is 12.9. The molecule has 0 amide bonds. The summed E-state index contributed by atoms with van der Waals surface area (Å²) in [5.41, 5.74) is 2.32. The number of aliphatic hydroxyl groups is 1. The summed E-state index contributed by atoms with van der Waals surface area (Å²) in [6.45, 7) is 1.83. The van der Waals surface area contributed by atoms with Gasteiger partial charge in [0.2, 0.25) is 0 Å². The van der Waals surface area contributed by atoms with Crippen molar-refractivity contribution < 1.29 is 29.3 Å². The van der Waals surface area contributed by atoms with E-state index in [0.717, 1.165) is 89.0 Å². The Kier molecular flexibility index (Phi) is 9.10. The fraction of sp³-hybridized carbons (Fsp3) is 0.724. The lowest BCUT2D eigenvalue weighted by Crippen LogP contribution is -2.31. The van der Waals surface area contributed by atoms with Crippen LogP contribution in [0, 0.1) is 23.7 Å². The third-order valence-electron chi connectivity index (χ3n) is 8.60. The summed E-state index contributed by atoms with van der Waals surface area (Å²) in [7, 11) is 0. The smallest absolute Gasteiger partial charge is 0.341 e. The Balaban J connectivity index is 1.47. The minimum Gasteiger partial charge on any atom is -0.482 e. The zero-order chi connectivity index (χ0) is 24.8. The number of unbranched alkanes of at least 4 members (excludes halogenated alkanes) is 2. The van der Waals surface area contributed by atoms with Crippen molar-refractivity contribution in [2.75, 3.05) is 6.61 Å². The summed E-state index contributed by atoms with van der Waals surface area (Å²) in [5, 5.41) is 19.6. The molecule has 1 aromatic rings. The first-order valence-corrected chi connectivity index (χ1v) is 13.8. The van der Waals surface area contributed by atoms with Crippen molar-refractivity contribution in [2.24, 2.45) is 23.7 Å². The van der Waals surface area contributed by atoms with E-state index in [-0.39, 0.29) is 36.6 Å². The third kappa shape index (κ3) is 6.58. The van der Waals surface area contributed by atoms with Gasteiger partial charge >= 0.3 is 11.9 Å². The van der Waals surface area contributed by atoms with E-state index in [4.69, 9.17) is 14.6 Å². The maximum Gasteiger partial charge on any atom is 0.341 e. The number of hydrogen-bond donors (Lipinski definition) is 2. The third-order valence-corrected chi connectivity index (χ3v) is 8.60. The van der Waals surface area contributed by atoms with Crippen molar-refractivity contribution in [1.29, 1.82) is 0 Å². The number of rotatable bonds is 12. The Labute approximate surface area is 209 Å². The van der Waals surface area contributed by atoms with Crippen LogP contribution in [0.1, 0.15) is 88.7 Å². The largest absolute Gasteiger partial charge is 0.482 e. The lowest BCUT2D eigenvalue weighted by atomic mass is 9.73. The van der Waals surface area contributed by atoms with Gasteiger partial charge in [-0.25, -0.2) is 4.79 Å². The predicted molar refractivity (Wildman–Crippen MR) is 133 cm³/mol. The molecule has 2 N–H and O–H groups in total. The number of carbonyl (C=O) groups is 2. The molecule has 194 valence electrons. The molecule has 3 aliphatic carbocycles. The minimum absolute atomic E-state index is 0.0253. The molecule has 3 aliphatic rings. The number of ether oxygens (including phenoxy) is 2. The Morgan fingerprint density at radius 2 is 1.91 bits per heavy atom. The van der Waals surface area contributed by atoms with Gasteiger partial charge in [0, 0.05) is 0 Å². The van der Waals surface area contributed by atoms with Crippen LogP contribution in [0.25, 0.3) is 0 Å². The Hall–Kier alpha value is -2.08. The number of carbonyl (C=O) groups excluding carboxylic acids is 1. The van der Waals surface area contributed by atoms with Gasteiger partial charge in [0.25, 0.3) is 0 Å². The summed E-state index contributed by atoms with van der Waals surface area (Å²) >= 11 is 0. The quantitative estimate of drug-likeness (QED) is 0.307. The van der Waals surface area contributed by atoms with Gasteiger partial charge in [0.1, 0.15) is 11.9 Å². The fourth-order valence-electron chi connectivity index (χ4n) is 6.75. The number of carboxylic acid groups (broad SMARTS) is 1. The summed E-state index contributed by atoms with van der Waals surface area (Å²) in [4.78, 5) is 24.0. The van der Waals surface area contributed by atoms with E-state index >= 15 is 0 Å². The highest BCUT2D eigenvalue weighted by Gasteiger charge is 2.47. The minimum atomic E-state index is -0.978. The summed E-state index contributed by atoms with van der Waals surface area (Å²) in [6, 6.07) is 5.92. The van der Waals surface area contributed by atoms with Crippen LogP contribution in [0.5, 0.6) is 5.75 Å². The van der Waals surface area contributed by atoms with Gasteiger partial charge in [0.15, 0.2) is 6.61 Å². The topological polar surface area (TPSA) is 93.1 Å².